The van der Waals surface area contributed by atoms with Crippen LogP contribution in [0.5, 0.6) is 0 Å². The van der Waals surface area contributed by atoms with Crippen LogP contribution in [0.25, 0.3) is 16.8 Å². The summed E-state index contributed by atoms with van der Waals surface area (Å²) in [6.07, 6.45) is 2.22. The van der Waals surface area contributed by atoms with Gasteiger partial charge in [0.2, 0.25) is 0 Å². The number of amidine groups is 1. The Bertz CT molecular complexity index is 825. The number of benzene rings is 1. The van der Waals surface area contributed by atoms with Gasteiger partial charge in [0.1, 0.15) is 16.6 Å². The second-order valence-electron chi connectivity index (χ2n) is 6.23. The van der Waals surface area contributed by atoms with E-state index in [9.17, 15) is 5.11 Å². The van der Waals surface area contributed by atoms with E-state index < -0.39 is 0 Å². The largest absolute Gasteiger partial charge is 0.510 e. The minimum absolute atomic E-state index is 0.147. The maximum Gasteiger partial charge on any atom is 0.135 e. The first kappa shape index (κ1) is 16.6. The number of nitrogens with one attached hydrogen (secondary N) is 1. The Morgan fingerprint density at radius 1 is 1.36 bits per heavy atom. The molecule has 1 aromatic carbocycles. The van der Waals surface area contributed by atoms with Crippen molar-refractivity contribution in [3.8, 4) is 11.3 Å². The van der Waals surface area contributed by atoms with E-state index in [1.165, 1.54) is 11.3 Å². The molecule has 2 aliphatic heterocycles. The summed E-state index contributed by atoms with van der Waals surface area (Å²) >= 11 is 7.37. The highest BCUT2D eigenvalue weighted by Crippen LogP contribution is 2.33. The van der Waals surface area contributed by atoms with Crippen LogP contribution in [0, 0.1) is 5.41 Å². The van der Waals surface area contributed by atoms with Crippen molar-refractivity contribution in [3.63, 3.8) is 0 Å². The van der Waals surface area contributed by atoms with Crippen molar-refractivity contribution >= 4 is 34.3 Å². The number of halogens is 1. The Labute approximate surface area is 155 Å². The molecule has 0 aliphatic carbocycles. The molecule has 25 heavy (non-hydrogen) atoms. The normalized spacial score (nSPS) is 20.8. The molecule has 130 valence electrons. The number of aliphatic hydroxyl groups excluding tert-OH is 1. The zero-order chi connectivity index (χ0) is 17.4. The molecule has 0 bridgehead atoms. The standard InChI is InChI=1S/C18H18ClN3O2S/c19-12-5-3-11(4-6-12)14-10-25-18(21-14)16-15(23)9-22(17(16)20)8-13-2-1-7-24-13/h3-6,10,13,20,23H,1-2,7-9H2. The van der Waals surface area contributed by atoms with Crippen LogP contribution in [0.2, 0.25) is 5.02 Å². The van der Waals surface area contributed by atoms with Gasteiger partial charge in [-0.2, -0.15) is 0 Å². The van der Waals surface area contributed by atoms with Gasteiger partial charge in [-0.05, 0) is 25.0 Å². The number of thiazole rings is 1. The Balaban J connectivity index is 1.54. The Morgan fingerprint density at radius 2 is 2.16 bits per heavy atom. The SMILES string of the molecule is N=C1C(c2nc(-c3ccc(Cl)cc3)cs2)=C(O)CN1CC1CCCO1. The molecule has 1 atom stereocenters. The second kappa shape index (κ2) is 6.78. The highest BCUT2D eigenvalue weighted by Gasteiger charge is 2.32. The van der Waals surface area contributed by atoms with Gasteiger partial charge >= 0.3 is 0 Å². The lowest BCUT2D eigenvalue weighted by Crippen LogP contribution is -2.34. The van der Waals surface area contributed by atoms with Crippen molar-refractivity contribution in [2.24, 2.45) is 0 Å². The van der Waals surface area contributed by atoms with E-state index in [0.717, 1.165) is 30.7 Å². The Kier molecular flexibility index (Phi) is 4.50. The summed E-state index contributed by atoms with van der Waals surface area (Å²) in [6.45, 7) is 1.78. The smallest absolute Gasteiger partial charge is 0.135 e. The summed E-state index contributed by atoms with van der Waals surface area (Å²) in [6, 6.07) is 7.49. The third-order valence-electron chi connectivity index (χ3n) is 4.49. The number of nitrogens with zero attached hydrogens (tertiary/aromatic N) is 2. The lowest BCUT2D eigenvalue weighted by molar-refractivity contribution is 0.0924. The molecule has 3 heterocycles. The van der Waals surface area contributed by atoms with Gasteiger partial charge in [0, 0.05) is 29.1 Å². The molecule has 5 nitrogen and oxygen atoms in total. The fourth-order valence-electron chi connectivity index (χ4n) is 3.19. The molecule has 1 fully saturated rings. The summed E-state index contributed by atoms with van der Waals surface area (Å²) in [5, 5.41) is 22.1. The van der Waals surface area contributed by atoms with Crippen LogP contribution in [0.1, 0.15) is 17.8 Å². The van der Waals surface area contributed by atoms with E-state index in [4.69, 9.17) is 21.7 Å². The van der Waals surface area contributed by atoms with Gasteiger partial charge < -0.3 is 14.7 Å². The van der Waals surface area contributed by atoms with Crippen molar-refractivity contribution in [1.29, 1.82) is 5.41 Å². The number of aromatic nitrogens is 1. The Morgan fingerprint density at radius 3 is 2.88 bits per heavy atom. The fraction of sp³-hybridized carbons (Fsp3) is 0.333. The van der Waals surface area contributed by atoms with Crippen molar-refractivity contribution in [3.05, 3.63) is 45.4 Å². The van der Waals surface area contributed by atoms with Crippen molar-refractivity contribution < 1.29 is 9.84 Å². The number of hydrogen-bond donors (Lipinski definition) is 2. The molecular formula is C18H18ClN3O2S. The summed E-state index contributed by atoms with van der Waals surface area (Å²) < 4.78 is 5.65. The van der Waals surface area contributed by atoms with Gasteiger partial charge in [-0.15, -0.1) is 11.3 Å². The summed E-state index contributed by atoms with van der Waals surface area (Å²) in [5.41, 5.74) is 2.32. The van der Waals surface area contributed by atoms with Gasteiger partial charge in [0.15, 0.2) is 0 Å². The van der Waals surface area contributed by atoms with Crippen LogP contribution >= 0.6 is 22.9 Å². The van der Waals surface area contributed by atoms with Crippen molar-refractivity contribution in [2.75, 3.05) is 19.7 Å². The zero-order valence-electron chi connectivity index (χ0n) is 13.5. The van der Waals surface area contributed by atoms with Crippen LogP contribution in [-0.4, -0.2) is 46.6 Å². The molecule has 0 saturated carbocycles. The molecule has 2 aromatic rings. The van der Waals surface area contributed by atoms with E-state index in [2.05, 4.69) is 4.98 Å². The molecule has 2 aliphatic rings. The number of aliphatic hydroxyl groups is 1. The molecule has 4 rings (SSSR count). The molecule has 2 N–H and O–H groups in total. The van der Waals surface area contributed by atoms with Gasteiger partial charge in [0.25, 0.3) is 0 Å². The first-order chi connectivity index (χ1) is 12.1. The number of hydrogen-bond acceptors (Lipinski definition) is 5. The first-order valence-corrected chi connectivity index (χ1v) is 9.47. The third-order valence-corrected chi connectivity index (χ3v) is 5.60. The molecule has 7 heteroatoms. The zero-order valence-corrected chi connectivity index (χ0v) is 15.1. The van der Waals surface area contributed by atoms with E-state index in [1.807, 2.05) is 34.5 Å². The summed E-state index contributed by atoms with van der Waals surface area (Å²) in [7, 11) is 0. The van der Waals surface area contributed by atoms with Crippen molar-refractivity contribution in [1.82, 2.24) is 9.88 Å². The average Bonchev–Trinajstić information content (AvgIpc) is 3.31. The van der Waals surface area contributed by atoms with E-state index in [1.54, 1.807) is 0 Å². The molecular weight excluding hydrogens is 358 g/mol. The first-order valence-electron chi connectivity index (χ1n) is 8.21. The summed E-state index contributed by atoms with van der Waals surface area (Å²) in [5.74, 6) is 0.532. The predicted molar refractivity (Wildman–Crippen MR) is 100 cm³/mol. The summed E-state index contributed by atoms with van der Waals surface area (Å²) in [4.78, 5) is 6.48. The lowest BCUT2D eigenvalue weighted by Gasteiger charge is -2.21. The highest BCUT2D eigenvalue weighted by molar-refractivity contribution is 7.11. The fourth-order valence-corrected chi connectivity index (χ4v) is 4.21. The molecule has 1 saturated heterocycles. The van der Waals surface area contributed by atoms with Gasteiger partial charge in [0.05, 0.1) is 23.9 Å². The van der Waals surface area contributed by atoms with Crippen LogP contribution in [0.3, 0.4) is 0 Å². The van der Waals surface area contributed by atoms with Gasteiger partial charge in [-0.25, -0.2) is 4.98 Å². The number of ether oxygens (including phenoxy) is 1. The van der Waals surface area contributed by atoms with E-state index >= 15 is 0 Å². The minimum atomic E-state index is 0.147. The van der Waals surface area contributed by atoms with Crippen LogP contribution < -0.4 is 0 Å². The predicted octanol–water partition coefficient (Wildman–Crippen LogP) is 4.20. The second-order valence-corrected chi connectivity index (χ2v) is 7.53. The number of rotatable bonds is 4. The average molecular weight is 376 g/mol. The van der Waals surface area contributed by atoms with E-state index in [-0.39, 0.29) is 11.9 Å². The molecule has 1 aromatic heterocycles. The van der Waals surface area contributed by atoms with Crippen LogP contribution in [-0.2, 0) is 4.74 Å². The maximum absolute atomic E-state index is 10.4. The maximum atomic E-state index is 10.4. The van der Waals surface area contributed by atoms with Crippen LogP contribution in [0.4, 0.5) is 0 Å². The molecule has 0 radical (unpaired) electrons. The third kappa shape index (κ3) is 3.29. The van der Waals surface area contributed by atoms with Crippen molar-refractivity contribution in [2.45, 2.75) is 18.9 Å². The van der Waals surface area contributed by atoms with Gasteiger partial charge in [-0.3, -0.25) is 5.41 Å². The minimum Gasteiger partial charge on any atom is -0.510 e. The highest BCUT2D eigenvalue weighted by atomic mass is 35.5. The monoisotopic (exact) mass is 375 g/mol. The van der Waals surface area contributed by atoms with E-state index in [0.29, 0.717) is 34.5 Å². The lowest BCUT2D eigenvalue weighted by atomic mass is 10.2. The Hall–Kier alpha value is -1.89. The molecule has 0 amide bonds. The topological polar surface area (TPSA) is 69.4 Å². The quantitative estimate of drug-likeness (QED) is 0.840. The van der Waals surface area contributed by atoms with Crippen LogP contribution in [0.15, 0.2) is 35.4 Å². The molecule has 1 unspecified atom stereocenters. The molecule has 0 spiro atoms. The van der Waals surface area contributed by atoms with Gasteiger partial charge in [-0.1, -0.05) is 23.7 Å².